The molecule has 0 atom stereocenters. The minimum Gasteiger partial charge on any atom is -0.455 e. The molecule has 13 aromatic carbocycles. The second-order valence-electron chi connectivity index (χ2n) is 19.6. The molecule has 2 aromatic heterocycles. The summed E-state index contributed by atoms with van der Waals surface area (Å²) >= 11 is 0. The fourth-order valence-corrected chi connectivity index (χ4v) is 11.8. The van der Waals surface area contributed by atoms with E-state index in [2.05, 4.69) is 289 Å². The summed E-state index contributed by atoms with van der Waals surface area (Å²) < 4.78 is 9.12. The lowest BCUT2D eigenvalue weighted by molar-refractivity contribution is 0.673. The Morgan fingerprint density at radius 1 is 0.280 bits per heavy atom. The van der Waals surface area contributed by atoms with Crippen LogP contribution in [0.2, 0.25) is 0 Å². The molecule has 0 saturated carbocycles. The summed E-state index contributed by atoms with van der Waals surface area (Å²) in [4.78, 5) is 2.39. The average Bonchev–Trinajstić information content (AvgIpc) is 4.07. The van der Waals surface area contributed by atoms with Crippen molar-refractivity contribution in [2.75, 3.05) is 4.90 Å². The van der Waals surface area contributed by atoms with Crippen molar-refractivity contribution in [2.45, 2.75) is 0 Å². The molecule has 0 aliphatic carbocycles. The lowest BCUT2D eigenvalue weighted by Gasteiger charge is -2.28. The predicted molar refractivity (Wildman–Crippen MR) is 317 cm³/mol. The van der Waals surface area contributed by atoms with Gasteiger partial charge >= 0.3 is 0 Å². The minimum absolute atomic E-state index is 0.872. The van der Waals surface area contributed by atoms with Crippen LogP contribution in [0, 0.1) is 0 Å². The van der Waals surface area contributed by atoms with E-state index in [0.29, 0.717) is 0 Å². The van der Waals surface area contributed by atoms with Crippen LogP contribution in [0.4, 0.5) is 17.1 Å². The van der Waals surface area contributed by atoms with E-state index in [4.69, 9.17) is 4.42 Å². The Morgan fingerprint density at radius 2 is 0.813 bits per heavy atom. The SMILES string of the molecule is c1cc(-c2ccc(N(c3ccc(-c4ccc(-c5cc6ccccc6c6ccccc56)cc4)cc3)c3ccccc3-c3ccc4c(c3)oc3c5ccccc5ccc43)cc2)cc(-n2c3ccccc3c3ccccc32)c1. The monoisotopic (exact) mass is 954 g/mol. The van der Waals surface area contributed by atoms with Crippen LogP contribution in [0.25, 0.3) is 126 Å². The maximum absolute atomic E-state index is 6.74. The van der Waals surface area contributed by atoms with Crippen LogP contribution in [0.5, 0.6) is 0 Å². The number of anilines is 3. The lowest BCUT2D eigenvalue weighted by Crippen LogP contribution is -2.11. The zero-order valence-electron chi connectivity index (χ0n) is 40.9. The molecular weight excluding hydrogens is 909 g/mol. The van der Waals surface area contributed by atoms with Gasteiger partial charge in [0.15, 0.2) is 0 Å². The molecule has 0 saturated heterocycles. The Hall–Kier alpha value is -9.96. The van der Waals surface area contributed by atoms with E-state index in [-0.39, 0.29) is 0 Å². The zero-order valence-corrected chi connectivity index (χ0v) is 40.9. The molecule has 0 fully saturated rings. The van der Waals surface area contributed by atoms with Crippen molar-refractivity contribution in [2.24, 2.45) is 0 Å². The first-order chi connectivity index (χ1) is 37.2. The highest BCUT2D eigenvalue weighted by Crippen LogP contribution is 2.45. The number of furan rings is 1. The Morgan fingerprint density at radius 3 is 1.53 bits per heavy atom. The van der Waals surface area contributed by atoms with Gasteiger partial charge in [-0.2, -0.15) is 0 Å². The molecular formula is C72H46N2O. The van der Waals surface area contributed by atoms with Gasteiger partial charge in [0.2, 0.25) is 0 Å². The van der Waals surface area contributed by atoms with Gasteiger partial charge in [0.05, 0.1) is 16.7 Å². The van der Waals surface area contributed by atoms with Crippen LogP contribution in [0.15, 0.2) is 283 Å². The first-order valence-electron chi connectivity index (χ1n) is 25.7. The molecule has 3 heteroatoms. The van der Waals surface area contributed by atoms with Crippen molar-refractivity contribution >= 4 is 93.1 Å². The molecule has 0 bridgehead atoms. The van der Waals surface area contributed by atoms with E-state index in [1.807, 2.05) is 0 Å². The van der Waals surface area contributed by atoms with Gasteiger partial charge in [-0.3, -0.25) is 0 Å². The summed E-state index contributed by atoms with van der Waals surface area (Å²) in [5.74, 6) is 0. The third kappa shape index (κ3) is 7.12. The Bertz CT molecular complexity index is 4640. The third-order valence-electron chi connectivity index (χ3n) is 15.4. The van der Waals surface area contributed by atoms with Gasteiger partial charge < -0.3 is 13.9 Å². The summed E-state index contributed by atoms with van der Waals surface area (Å²) in [6.07, 6.45) is 0. The van der Waals surface area contributed by atoms with Crippen LogP contribution < -0.4 is 4.90 Å². The largest absolute Gasteiger partial charge is 0.455 e. The molecule has 15 rings (SSSR count). The summed E-state index contributed by atoms with van der Waals surface area (Å²) in [5.41, 5.74) is 17.8. The summed E-state index contributed by atoms with van der Waals surface area (Å²) in [6, 6.07) is 101. The van der Waals surface area contributed by atoms with Crippen molar-refractivity contribution in [1.29, 1.82) is 0 Å². The fraction of sp³-hybridized carbons (Fsp3) is 0. The highest BCUT2D eigenvalue weighted by atomic mass is 16.3. The molecule has 0 N–H and O–H groups in total. The first-order valence-corrected chi connectivity index (χ1v) is 25.7. The molecule has 2 heterocycles. The van der Waals surface area contributed by atoms with E-state index < -0.39 is 0 Å². The Balaban J connectivity index is 0.820. The molecule has 0 unspecified atom stereocenters. The maximum Gasteiger partial charge on any atom is 0.143 e. The van der Waals surface area contributed by atoms with Crippen LogP contribution in [0.1, 0.15) is 0 Å². The first kappa shape index (κ1) is 42.7. The highest BCUT2D eigenvalue weighted by Gasteiger charge is 2.20. The Labute approximate surface area is 434 Å². The summed E-state index contributed by atoms with van der Waals surface area (Å²) in [6.45, 7) is 0. The van der Waals surface area contributed by atoms with Gasteiger partial charge in [0.1, 0.15) is 11.2 Å². The second-order valence-corrected chi connectivity index (χ2v) is 19.6. The van der Waals surface area contributed by atoms with Crippen molar-refractivity contribution < 1.29 is 4.42 Å². The quantitative estimate of drug-likeness (QED) is 0.142. The number of hydrogen-bond donors (Lipinski definition) is 0. The van der Waals surface area contributed by atoms with Crippen molar-refractivity contribution in [3.8, 4) is 50.2 Å². The zero-order chi connectivity index (χ0) is 49.4. The number of aromatic nitrogens is 1. The van der Waals surface area contributed by atoms with Gasteiger partial charge in [0, 0.05) is 49.6 Å². The van der Waals surface area contributed by atoms with Crippen molar-refractivity contribution in [3.63, 3.8) is 0 Å². The van der Waals surface area contributed by atoms with Crippen LogP contribution >= 0.6 is 0 Å². The van der Waals surface area contributed by atoms with Crippen LogP contribution in [0.3, 0.4) is 0 Å². The fourth-order valence-electron chi connectivity index (χ4n) is 11.8. The average molecular weight is 955 g/mol. The predicted octanol–water partition coefficient (Wildman–Crippen LogP) is 20.3. The molecule has 0 aliphatic rings. The van der Waals surface area contributed by atoms with E-state index in [0.717, 1.165) is 77.9 Å². The lowest BCUT2D eigenvalue weighted by atomic mass is 9.92. The number of benzene rings is 13. The molecule has 3 nitrogen and oxygen atoms in total. The minimum atomic E-state index is 0.872. The van der Waals surface area contributed by atoms with Gasteiger partial charge in [-0.25, -0.2) is 0 Å². The smallest absolute Gasteiger partial charge is 0.143 e. The molecule has 15 aromatic rings. The van der Waals surface area contributed by atoms with Gasteiger partial charge in [-0.05, 0) is 145 Å². The summed E-state index contributed by atoms with van der Waals surface area (Å²) in [5, 5.41) is 12.1. The van der Waals surface area contributed by atoms with Gasteiger partial charge in [-0.1, -0.05) is 200 Å². The topological polar surface area (TPSA) is 21.3 Å². The highest BCUT2D eigenvalue weighted by molar-refractivity contribution is 6.16. The van der Waals surface area contributed by atoms with Crippen LogP contribution in [-0.2, 0) is 0 Å². The molecule has 0 spiro atoms. The van der Waals surface area contributed by atoms with Crippen molar-refractivity contribution in [1.82, 2.24) is 4.57 Å². The number of nitrogens with zero attached hydrogens (tertiary/aromatic N) is 2. The van der Waals surface area contributed by atoms with E-state index in [9.17, 15) is 0 Å². The number of para-hydroxylation sites is 3. The maximum atomic E-state index is 6.74. The molecule has 350 valence electrons. The van der Waals surface area contributed by atoms with E-state index >= 15 is 0 Å². The van der Waals surface area contributed by atoms with Crippen LogP contribution in [-0.4, -0.2) is 4.57 Å². The van der Waals surface area contributed by atoms with Crippen molar-refractivity contribution in [3.05, 3.63) is 279 Å². The third-order valence-corrected chi connectivity index (χ3v) is 15.4. The standard InChI is InChI=1S/C72H46N2O/c1-4-20-60-50(14-1)36-43-66-65-42-37-54(46-71(65)75-72(60)66)59-19-7-10-25-68(59)73(56-40-34-49(35-41-56)52-16-13-17-57(44-52)74-69-26-11-8-23-63(69)64-24-9-12-27-70(64)74)55-38-32-48(33-39-55)47-28-30-51(31-29-47)67-45-53-15-2-3-18-58(53)61-21-5-6-22-62(61)67/h1-46H. The number of hydrogen-bond acceptors (Lipinski definition) is 2. The van der Waals surface area contributed by atoms with E-state index in [1.165, 1.54) is 65.4 Å². The second kappa shape index (κ2) is 17.4. The molecule has 75 heavy (non-hydrogen) atoms. The number of rotatable bonds is 8. The van der Waals surface area contributed by atoms with Gasteiger partial charge in [0.25, 0.3) is 0 Å². The molecule has 0 aliphatic heterocycles. The Kier molecular flexibility index (Phi) is 9.89. The normalized spacial score (nSPS) is 11.7. The molecule has 0 amide bonds. The van der Waals surface area contributed by atoms with Gasteiger partial charge in [-0.15, -0.1) is 0 Å². The summed E-state index contributed by atoms with van der Waals surface area (Å²) in [7, 11) is 0. The molecule has 0 radical (unpaired) electrons. The number of fused-ring (bicyclic) bond motifs is 11. The van der Waals surface area contributed by atoms with E-state index in [1.54, 1.807) is 0 Å².